The van der Waals surface area contributed by atoms with Crippen molar-refractivity contribution in [3.63, 3.8) is 0 Å². The second-order valence-electron chi connectivity index (χ2n) is 6.60. The van der Waals surface area contributed by atoms with Crippen molar-refractivity contribution in [2.24, 2.45) is 0 Å². The summed E-state index contributed by atoms with van der Waals surface area (Å²) in [6, 6.07) is 14.5. The molecule has 0 aliphatic heterocycles. The highest BCUT2D eigenvalue weighted by molar-refractivity contribution is 7.99. The van der Waals surface area contributed by atoms with Crippen LogP contribution in [0, 0.1) is 6.92 Å². The molecule has 0 saturated carbocycles. The summed E-state index contributed by atoms with van der Waals surface area (Å²) in [6.07, 6.45) is 0. The van der Waals surface area contributed by atoms with Gasteiger partial charge >= 0.3 is 0 Å². The number of nitrogens with one attached hydrogen (secondary N) is 2. The quantitative estimate of drug-likeness (QED) is 0.282. The smallest absolute Gasteiger partial charge is 0.234 e. The minimum Gasteiger partial charge on any atom is -0.335 e. The molecule has 0 radical (unpaired) electrons. The predicted octanol–water partition coefficient (Wildman–Crippen LogP) is 4.40. The molecule has 0 aliphatic carbocycles. The van der Waals surface area contributed by atoms with Crippen LogP contribution >= 0.6 is 35.0 Å². The maximum absolute atomic E-state index is 12.3. The van der Waals surface area contributed by atoms with Crippen molar-refractivity contribution < 1.29 is 4.79 Å². The molecule has 4 aromatic rings. The average Bonchev–Trinajstić information content (AvgIpc) is 3.37. The fraction of sp³-hybridized carbons (Fsp3) is 0.100. The molecule has 11 heteroatoms. The summed E-state index contributed by atoms with van der Waals surface area (Å²) in [7, 11) is 0. The van der Waals surface area contributed by atoms with Crippen molar-refractivity contribution in [3.05, 3.63) is 64.1 Å². The van der Waals surface area contributed by atoms with E-state index in [1.165, 1.54) is 16.4 Å². The molecule has 1 amide bonds. The van der Waals surface area contributed by atoms with Crippen LogP contribution in [0.25, 0.3) is 22.8 Å². The van der Waals surface area contributed by atoms with Crippen LogP contribution in [0.3, 0.4) is 0 Å². The number of nitrogen functional groups attached to an aromatic ring is 1. The van der Waals surface area contributed by atoms with Crippen molar-refractivity contribution in [1.29, 1.82) is 0 Å². The van der Waals surface area contributed by atoms with Gasteiger partial charge in [-0.2, -0.15) is 5.10 Å². The number of halogens is 2. The van der Waals surface area contributed by atoms with Crippen LogP contribution < -0.4 is 11.2 Å². The largest absolute Gasteiger partial charge is 0.335 e. The van der Waals surface area contributed by atoms with Crippen LogP contribution in [0.4, 0.5) is 5.69 Å². The van der Waals surface area contributed by atoms with Gasteiger partial charge in [-0.25, -0.2) is 4.68 Å². The van der Waals surface area contributed by atoms with E-state index in [0.717, 1.165) is 16.8 Å². The Morgan fingerprint density at radius 1 is 1.19 bits per heavy atom. The van der Waals surface area contributed by atoms with E-state index >= 15 is 0 Å². The number of benzene rings is 2. The first kappa shape index (κ1) is 21.2. The molecule has 0 unspecified atom stereocenters. The zero-order valence-electron chi connectivity index (χ0n) is 16.3. The SMILES string of the molecule is Cc1c(Cl)cccc1NC(=O)CSc1nnc(-c2cc(-c3ccc(Cl)cc3)n[nH]2)n1N. The Balaban J connectivity index is 1.43. The van der Waals surface area contributed by atoms with Gasteiger partial charge in [0.05, 0.1) is 11.4 Å². The van der Waals surface area contributed by atoms with Gasteiger partial charge in [0.2, 0.25) is 16.9 Å². The van der Waals surface area contributed by atoms with E-state index < -0.39 is 0 Å². The molecule has 0 bridgehead atoms. The third kappa shape index (κ3) is 4.68. The van der Waals surface area contributed by atoms with Gasteiger partial charge in [-0.05, 0) is 42.8 Å². The van der Waals surface area contributed by atoms with Crippen molar-refractivity contribution in [3.8, 4) is 22.8 Å². The molecule has 0 aliphatic rings. The fourth-order valence-electron chi connectivity index (χ4n) is 2.82. The molecule has 4 rings (SSSR count). The molecule has 2 aromatic heterocycles. The topological polar surface area (TPSA) is 115 Å². The van der Waals surface area contributed by atoms with Crippen LogP contribution in [-0.4, -0.2) is 36.7 Å². The summed E-state index contributed by atoms with van der Waals surface area (Å²) in [6.45, 7) is 1.84. The van der Waals surface area contributed by atoms with Gasteiger partial charge in [0, 0.05) is 21.3 Å². The van der Waals surface area contributed by atoms with Gasteiger partial charge < -0.3 is 11.2 Å². The highest BCUT2D eigenvalue weighted by atomic mass is 35.5. The number of H-pyrrole nitrogens is 1. The first-order valence-corrected chi connectivity index (χ1v) is 10.9. The predicted molar refractivity (Wildman–Crippen MR) is 124 cm³/mol. The molecule has 0 atom stereocenters. The fourth-order valence-corrected chi connectivity index (χ4v) is 3.78. The third-order valence-corrected chi connectivity index (χ3v) is 6.10. The van der Waals surface area contributed by atoms with Gasteiger partial charge in [0.15, 0.2) is 0 Å². The number of aromatic nitrogens is 5. The number of thioether (sulfide) groups is 1. The zero-order chi connectivity index (χ0) is 22.0. The standard InChI is InChI=1S/C20H17Cl2N7OS/c1-11-14(22)3-2-4-15(11)24-18(30)10-31-20-28-27-19(29(20)23)17-9-16(25-26-17)12-5-7-13(21)8-6-12/h2-9H,10,23H2,1H3,(H,24,30)(H,25,26). The number of hydrogen-bond acceptors (Lipinski definition) is 6. The number of hydrogen-bond donors (Lipinski definition) is 3. The van der Waals surface area contributed by atoms with Gasteiger partial charge in [-0.1, -0.05) is 53.2 Å². The van der Waals surface area contributed by atoms with Crippen LogP contribution in [0.5, 0.6) is 0 Å². The van der Waals surface area contributed by atoms with Gasteiger partial charge in [0.1, 0.15) is 5.69 Å². The number of rotatable bonds is 6. The lowest BCUT2D eigenvalue weighted by molar-refractivity contribution is -0.113. The van der Waals surface area contributed by atoms with E-state index in [1.807, 2.05) is 25.1 Å². The maximum atomic E-state index is 12.3. The van der Waals surface area contributed by atoms with Gasteiger partial charge in [-0.3, -0.25) is 9.89 Å². The normalized spacial score (nSPS) is 10.9. The van der Waals surface area contributed by atoms with E-state index in [2.05, 4.69) is 25.7 Å². The Bertz CT molecular complexity index is 1240. The van der Waals surface area contributed by atoms with Crippen LogP contribution in [0.1, 0.15) is 5.56 Å². The molecular weight excluding hydrogens is 457 g/mol. The molecule has 31 heavy (non-hydrogen) atoms. The second kappa shape index (κ2) is 9.01. The number of anilines is 1. The lowest BCUT2D eigenvalue weighted by atomic mass is 10.1. The van der Waals surface area contributed by atoms with Crippen molar-refractivity contribution in [2.75, 3.05) is 16.9 Å². The van der Waals surface area contributed by atoms with Crippen LogP contribution in [0.15, 0.2) is 53.7 Å². The summed E-state index contributed by atoms with van der Waals surface area (Å²) >= 11 is 13.2. The minimum absolute atomic E-state index is 0.111. The molecule has 0 saturated heterocycles. The molecular formula is C20H17Cl2N7OS. The Labute approximate surface area is 192 Å². The van der Waals surface area contributed by atoms with E-state index in [9.17, 15) is 4.79 Å². The summed E-state index contributed by atoms with van der Waals surface area (Å²) in [5.41, 5.74) is 3.70. The van der Waals surface area contributed by atoms with Gasteiger partial charge in [0.25, 0.3) is 0 Å². The molecule has 8 nitrogen and oxygen atoms in total. The maximum Gasteiger partial charge on any atom is 0.234 e. The number of amides is 1. The molecule has 2 heterocycles. The third-order valence-electron chi connectivity index (χ3n) is 4.50. The van der Waals surface area contributed by atoms with Crippen LogP contribution in [0.2, 0.25) is 10.0 Å². The molecule has 2 aromatic carbocycles. The first-order valence-electron chi connectivity index (χ1n) is 9.12. The lowest BCUT2D eigenvalue weighted by Crippen LogP contribution is -2.17. The minimum atomic E-state index is -0.202. The van der Waals surface area contributed by atoms with E-state index in [0.29, 0.717) is 32.4 Å². The van der Waals surface area contributed by atoms with Crippen molar-refractivity contribution in [1.82, 2.24) is 25.1 Å². The van der Waals surface area contributed by atoms with E-state index in [1.54, 1.807) is 30.3 Å². The highest BCUT2D eigenvalue weighted by Crippen LogP contribution is 2.26. The van der Waals surface area contributed by atoms with E-state index in [4.69, 9.17) is 29.0 Å². The summed E-state index contributed by atoms with van der Waals surface area (Å²) in [4.78, 5) is 12.3. The molecule has 0 spiro atoms. The second-order valence-corrected chi connectivity index (χ2v) is 8.39. The number of nitrogens with two attached hydrogens (primary N) is 1. The van der Waals surface area contributed by atoms with Gasteiger partial charge in [-0.15, -0.1) is 10.2 Å². The number of carbonyl (C=O) groups excluding carboxylic acids is 1. The first-order chi connectivity index (χ1) is 14.9. The number of aromatic amines is 1. The Morgan fingerprint density at radius 2 is 1.97 bits per heavy atom. The summed E-state index contributed by atoms with van der Waals surface area (Å²) in [5.74, 6) is 6.46. The van der Waals surface area contributed by atoms with E-state index in [-0.39, 0.29) is 11.7 Å². The monoisotopic (exact) mass is 473 g/mol. The van der Waals surface area contributed by atoms with Crippen LogP contribution in [-0.2, 0) is 4.79 Å². The Morgan fingerprint density at radius 3 is 2.74 bits per heavy atom. The summed E-state index contributed by atoms with van der Waals surface area (Å²) in [5, 5.41) is 19.9. The van der Waals surface area contributed by atoms with Crippen molar-refractivity contribution >= 4 is 46.6 Å². The lowest BCUT2D eigenvalue weighted by Gasteiger charge is -2.09. The zero-order valence-corrected chi connectivity index (χ0v) is 18.6. The number of carbonyl (C=O) groups is 1. The number of nitrogens with zero attached hydrogens (tertiary/aromatic N) is 4. The highest BCUT2D eigenvalue weighted by Gasteiger charge is 2.17. The molecule has 4 N–H and O–H groups in total. The molecule has 158 valence electrons. The van der Waals surface area contributed by atoms with Crippen molar-refractivity contribution in [2.45, 2.75) is 12.1 Å². The molecule has 0 fully saturated rings. The average molecular weight is 474 g/mol. The Hall–Kier alpha value is -3.01. The Kier molecular flexibility index (Phi) is 6.17. The summed E-state index contributed by atoms with van der Waals surface area (Å²) < 4.78 is 1.32.